The van der Waals surface area contributed by atoms with E-state index < -0.39 is 4.92 Å². The number of nitro groups is 1. The molecule has 0 aliphatic rings. The molecular formula is C24H20N4O3. The van der Waals surface area contributed by atoms with Crippen molar-refractivity contribution in [2.75, 3.05) is 0 Å². The van der Waals surface area contributed by atoms with Crippen molar-refractivity contribution in [2.24, 2.45) is 5.10 Å². The van der Waals surface area contributed by atoms with Crippen LogP contribution < -0.4 is 5.43 Å². The largest absolute Gasteiger partial charge is 0.342 e. The Bertz CT molecular complexity index is 1250. The number of fused-ring (bicyclic) bond motifs is 1. The van der Waals surface area contributed by atoms with Gasteiger partial charge in [-0.1, -0.05) is 60.7 Å². The van der Waals surface area contributed by atoms with Crippen LogP contribution in [0.2, 0.25) is 0 Å². The van der Waals surface area contributed by atoms with Gasteiger partial charge in [0.25, 0.3) is 5.69 Å². The number of carbonyl (C=O) groups excluding carboxylic acids is 1. The first kappa shape index (κ1) is 20.0. The third-order valence-electron chi connectivity index (χ3n) is 4.92. The fourth-order valence-electron chi connectivity index (χ4n) is 3.42. The lowest BCUT2D eigenvalue weighted by Crippen LogP contribution is -2.19. The Kier molecular flexibility index (Phi) is 5.84. The van der Waals surface area contributed by atoms with E-state index in [1.807, 2.05) is 42.6 Å². The van der Waals surface area contributed by atoms with Crippen LogP contribution >= 0.6 is 0 Å². The van der Waals surface area contributed by atoms with E-state index >= 15 is 0 Å². The van der Waals surface area contributed by atoms with Crippen LogP contribution in [0, 0.1) is 10.1 Å². The zero-order valence-corrected chi connectivity index (χ0v) is 16.6. The van der Waals surface area contributed by atoms with Gasteiger partial charge in [0, 0.05) is 41.3 Å². The van der Waals surface area contributed by atoms with Gasteiger partial charge < -0.3 is 4.57 Å². The second-order valence-corrected chi connectivity index (χ2v) is 7.11. The van der Waals surface area contributed by atoms with Gasteiger partial charge in [-0.25, -0.2) is 5.43 Å². The van der Waals surface area contributed by atoms with Crippen LogP contribution in [0.4, 0.5) is 5.69 Å². The summed E-state index contributed by atoms with van der Waals surface area (Å²) < 4.78 is 2.16. The van der Waals surface area contributed by atoms with Gasteiger partial charge in [0.2, 0.25) is 5.91 Å². The summed E-state index contributed by atoms with van der Waals surface area (Å²) in [6.45, 7) is 0.738. The van der Waals surface area contributed by atoms with Crippen molar-refractivity contribution in [3.63, 3.8) is 0 Å². The SMILES string of the molecule is O=C(Cc1ccc([N+](=O)[O-])cc1)NN=Cc1cn(Cc2ccccc2)c2ccccc12. The van der Waals surface area contributed by atoms with Crippen LogP contribution in [0.25, 0.3) is 10.9 Å². The minimum absolute atomic E-state index is 0.00549. The number of hydrogen-bond donors (Lipinski definition) is 1. The first-order valence-corrected chi connectivity index (χ1v) is 9.77. The van der Waals surface area contributed by atoms with Crippen LogP contribution in [0.15, 0.2) is 90.2 Å². The number of aromatic nitrogens is 1. The highest BCUT2D eigenvalue weighted by Crippen LogP contribution is 2.21. The van der Waals surface area contributed by atoms with Crippen LogP contribution in [0.3, 0.4) is 0 Å². The number of para-hydroxylation sites is 1. The molecule has 0 fully saturated rings. The second kappa shape index (κ2) is 9.04. The van der Waals surface area contributed by atoms with Gasteiger partial charge in [0.05, 0.1) is 17.6 Å². The number of nitro benzene ring substituents is 1. The average molecular weight is 412 g/mol. The van der Waals surface area contributed by atoms with Crippen molar-refractivity contribution in [1.29, 1.82) is 0 Å². The fraction of sp³-hybridized carbons (Fsp3) is 0.0833. The topological polar surface area (TPSA) is 89.5 Å². The molecule has 0 saturated heterocycles. The van der Waals surface area contributed by atoms with E-state index in [2.05, 4.69) is 33.3 Å². The summed E-state index contributed by atoms with van der Waals surface area (Å²) in [5, 5.41) is 15.9. The number of nitrogens with one attached hydrogen (secondary N) is 1. The van der Waals surface area contributed by atoms with E-state index in [9.17, 15) is 14.9 Å². The van der Waals surface area contributed by atoms with Gasteiger partial charge in [0.1, 0.15) is 0 Å². The molecule has 1 amide bonds. The molecule has 0 spiro atoms. The summed E-state index contributed by atoms with van der Waals surface area (Å²) in [4.78, 5) is 22.4. The van der Waals surface area contributed by atoms with Crippen LogP contribution in [-0.4, -0.2) is 21.6 Å². The molecule has 3 aromatic carbocycles. The zero-order valence-electron chi connectivity index (χ0n) is 16.6. The molecule has 0 aliphatic carbocycles. The molecule has 4 aromatic rings. The Balaban J connectivity index is 1.45. The van der Waals surface area contributed by atoms with E-state index in [0.29, 0.717) is 5.56 Å². The van der Waals surface area contributed by atoms with Gasteiger partial charge in [-0.15, -0.1) is 0 Å². The maximum atomic E-state index is 12.2. The summed E-state index contributed by atoms with van der Waals surface area (Å²) in [5.41, 5.74) is 6.39. The fourth-order valence-corrected chi connectivity index (χ4v) is 3.42. The lowest BCUT2D eigenvalue weighted by atomic mass is 10.1. The molecular weight excluding hydrogens is 392 g/mol. The number of nitrogens with zero attached hydrogens (tertiary/aromatic N) is 3. The first-order valence-electron chi connectivity index (χ1n) is 9.77. The predicted molar refractivity (Wildman–Crippen MR) is 120 cm³/mol. The number of hydrogen-bond acceptors (Lipinski definition) is 4. The zero-order chi connectivity index (χ0) is 21.6. The van der Waals surface area contributed by atoms with Crippen molar-refractivity contribution in [3.05, 3.63) is 112 Å². The highest BCUT2D eigenvalue weighted by atomic mass is 16.6. The molecule has 7 nitrogen and oxygen atoms in total. The van der Waals surface area contributed by atoms with Crippen LogP contribution in [0.1, 0.15) is 16.7 Å². The molecule has 0 aliphatic heterocycles. The van der Waals surface area contributed by atoms with Crippen LogP contribution in [0.5, 0.6) is 0 Å². The second-order valence-electron chi connectivity index (χ2n) is 7.11. The van der Waals surface area contributed by atoms with Crippen molar-refractivity contribution >= 4 is 28.7 Å². The summed E-state index contributed by atoms with van der Waals surface area (Å²) in [7, 11) is 0. The third kappa shape index (κ3) is 4.84. The summed E-state index contributed by atoms with van der Waals surface area (Å²) in [5.74, 6) is -0.293. The van der Waals surface area contributed by atoms with E-state index in [-0.39, 0.29) is 18.0 Å². The van der Waals surface area contributed by atoms with Gasteiger partial charge in [0.15, 0.2) is 0 Å². The Hall–Kier alpha value is -4.26. The highest BCUT2D eigenvalue weighted by molar-refractivity contribution is 5.99. The summed E-state index contributed by atoms with van der Waals surface area (Å²) >= 11 is 0. The van der Waals surface area contributed by atoms with E-state index in [0.717, 1.165) is 23.0 Å². The summed E-state index contributed by atoms with van der Waals surface area (Å²) in [6, 6.07) is 24.2. The molecule has 1 N–H and O–H groups in total. The highest BCUT2D eigenvalue weighted by Gasteiger charge is 2.09. The van der Waals surface area contributed by atoms with Crippen molar-refractivity contribution in [3.8, 4) is 0 Å². The average Bonchev–Trinajstić information content (AvgIpc) is 3.12. The number of non-ortho nitro benzene ring substituents is 1. The number of hydrazone groups is 1. The maximum absolute atomic E-state index is 12.2. The van der Waals surface area contributed by atoms with Gasteiger partial charge in [-0.05, 0) is 17.2 Å². The van der Waals surface area contributed by atoms with Crippen molar-refractivity contribution in [2.45, 2.75) is 13.0 Å². The molecule has 0 unspecified atom stereocenters. The molecule has 31 heavy (non-hydrogen) atoms. The lowest BCUT2D eigenvalue weighted by molar-refractivity contribution is -0.384. The maximum Gasteiger partial charge on any atom is 0.269 e. The number of carbonyl (C=O) groups is 1. The molecule has 154 valence electrons. The Morgan fingerprint density at radius 1 is 0.968 bits per heavy atom. The molecule has 1 aromatic heterocycles. The van der Waals surface area contributed by atoms with E-state index in [1.54, 1.807) is 18.3 Å². The monoisotopic (exact) mass is 412 g/mol. The number of amides is 1. The Morgan fingerprint density at radius 2 is 1.68 bits per heavy atom. The minimum atomic E-state index is -0.470. The lowest BCUT2D eigenvalue weighted by Gasteiger charge is -2.05. The molecule has 0 saturated carbocycles. The predicted octanol–water partition coefficient (Wildman–Crippen LogP) is 4.29. The standard InChI is InChI=1S/C24H20N4O3/c29-24(14-18-10-12-21(13-11-18)28(30)31)26-25-15-20-17-27(16-19-6-2-1-3-7-19)23-9-5-4-8-22(20)23/h1-13,15,17H,14,16H2,(H,26,29). The molecule has 1 heterocycles. The molecule has 4 rings (SSSR count). The van der Waals surface area contributed by atoms with Crippen molar-refractivity contribution < 1.29 is 9.72 Å². The summed E-state index contributed by atoms with van der Waals surface area (Å²) in [6.07, 6.45) is 3.74. The number of benzene rings is 3. The van der Waals surface area contributed by atoms with Gasteiger partial charge in [-0.2, -0.15) is 5.10 Å². The van der Waals surface area contributed by atoms with Crippen LogP contribution in [-0.2, 0) is 17.8 Å². The normalized spacial score (nSPS) is 11.1. The van der Waals surface area contributed by atoms with Gasteiger partial charge >= 0.3 is 0 Å². The first-order chi connectivity index (χ1) is 15.1. The quantitative estimate of drug-likeness (QED) is 0.279. The van der Waals surface area contributed by atoms with Crippen molar-refractivity contribution in [1.82, 2.24) is 9.99 Å². The van der Waals surface area contributed by atoms with Gasteiger partial charge in [-0.3, -0.25) is 14.9 Å². The molecule has 7 heteroatoms. The third-order valence-corrected chi connectivity index (χ3v) is 4.92. The minimum Gasteiger partial charge on any atom is -0.342 e. The molecule has 0 bridgehead atoms. The number of rotatable bonds is 7. The smallest absolute Gasteiger partial charge is 0.269 e. The Morgan fingerprint density at radius 3 is 2.42 bits per heavy atom. The van der Waals surface area contributed by atoms with E-state index in [4.69, 9.17) is 0 Å². The Labute approximate surface area is 178 Å². The molecule has 0 radical (unpaired) electrons. The van der Waals surface area contributed by atoms with E-state index in [1.165, 1.54) is 17.7 Å². The molecule has 0 atom stereocenters.